The lowest BCUT2D eigenvalue weighted by Gasteiger charge is -2.35. The summed E-state index contributed by atoms with van der Waals surface area (Å²) in [6, 6.07) is 5.22. The van der Waals surface area contributed by atoms with Gasteiger partial charge in [0.25, 0.3) is 0 Å². The van der Waals surface area contributed by atoms with Crippen molar-refractivity contribution in [3.8, 4) is 0 Å². The number of anilines is 1. The molecule has 2 rings (SSSR count). The second kappa shape index (κ2) is 6.55. The highest BCUT2D eigenvalue weighted by Gasteiger charge is 2.25. The van der Waals surface area contributed by atoms with Crippen LogP contribution in [0.1, 0.15) is 39.2 Å². The molecular formula is C17H25FN2O2. The molecule has 5 heteroatoms. The molecule has 1 N–H and O–H groups in total. The lowest BCUT2D eigenvalue weighted by molar-refractivity contribution is 0.0497. The zero-order chi connectivity index (χ0) is 16.3. The van der Waals surface area contributed by atoms with E-state index in [-0.39, 0.29) is 18.0 Å². The number of nitrogens with zero attached hydrogens (tertiary/aromatic N) is 1. The van der Waals surface area contributed by atoms with Gasteiger partial charge in [0.1, 0.15) is 11.4 Å². The average Bonchev–Trinajstić information content (AvgIpc) is 2.38. The molecule has 1 aliphatic rings. The molecular weight excluding hydrogens is 283 g/mol. The van der Waals surface area contributed by atoms with Gasteiger partial charge in [-0.2, -0.15) is 0 Å². The summed E-state index contributed by atoms with van der Waals surface area (Å²) in [6.07, 6.45) is 1.19. The third-order valence-electron chi connectivity index (χ3n) is 3.72. The largest absolute Gasteiger partial charge is 0.444 e. The van der Waals surface area contributed by atoms with Crippen molar-refractivity contribution in [1.82, 2.24) is 5.32 Å². The first-order valence-electron chi connectivity index (χ1n) is 7.76. The fraction of sp³-hybridized carbons (Fsp3) is 0.588. The Morgan fingerprint density at radius 2 is 1.95 bits per heavy atom. The number of halogens is 1. The number of alkyl carbamates (subject to hydrolysis) is 1. The van der Waals surface area contributed by atoms with Crippen LogP contribution in [0.4, 0.5) is 14.9 Å². The second-order valence-corrected chi connectivity index (χ2v) is 6.81. The summed E-state index contributed by atoms with van der Waals surface area (Å²) >= 11 is 0. The molecule has 122 valence electrons. The monoisotopic (exact) mass is 308 g/mol. The minimum absolute atomic E-state index is 0.0816. The molecule has 0 aromatic heterocycles. The maximum atomic E-state index is 14.0. The Labute approximate surface area is 131 Å². The van der Waals surface area contributed by atoms with Crippen LogP contribution in [0, 0.1) is 12.7 Å². The first-order valence-corrected chi connectivity index (χ1v) is 7.76. The maximum Gasteiger partial charge on any atom is 0.407 e. The normalized spacial score (nSPS) is 16.5. The van der Waals surface area contributed by atoms with Crippen molar-refractivity contribution in [3.63, 3.8) is 0 Å². The van der Waals surface area contributed by atoms with Gasteiger partial charge in [0.2, 0.25) is 0 Å². The van der Waals surface area contributed by atoms with Crippen LogP contribution in [0.2, 0.25) is 0 Å². The Morgan fingerprint density at radius 1 is 1.32 bits per heavy atom. The van der Waals surface area contributed by atoms with Gasteiger partial charge in [0.05, 0.1) is 5.69 Å². The van der Waals surface area contributed by atoms with Crippen LogP contribution in [0.5, 0.6) is 0 Å². The van der Waals surface area contributed by atoms with Gasteiger partial charge in [-0.25, -0.2) is 9.18 Å². The summed E-state index contributed by atoms with van der Waals surface area (Å²) in [5.41, 5.74) is 1.13. The molecule has 0 bridgehead atoms. The van der Waals surface area contributed by atoms with Crippen molar-refractivity contribution in [3.05, 3.63) is 29.6 Å². The minimum atomic E-state index is -0.491. The number of carbonyl (C=O) groups is 1. The Bertz CT molecular complexity index is 512. The smallest absolute Gasteiger partial charge is 0.407 e. The molecule has 0 spiro atoms. The number of amides is 1. The third kappa shape index (κ3) is 4.36. The molecule has 1 heterocycles. The fourth-order valence-corrected chi connectivity index (χ4v) is 2.75. The second-order valence-electron chi connectivity index (χ2n) is 6.81. The Morgan fingerprint density at radius 3 is 2.50 bits per heavy atom. The minimum Gasteiger partial charge on any atom is -0.444 e. The number of carbonyl (C=O) groups excluding carboxylic acids is 1. The predicted molar refractivity (Wildman–Crippen MR) is 85.7 cm³/mol. The van der Waals surface area contributed by atoms with Gasteiger partial charge >= 0.3 is 6.09 Å². The molecule has 1 amide bonds. The van der Waals surface area contributed by atoms with Gasteiger partial charge in [-0.1, -0.05) is 12.1 Å². The molecule has 0 unspecified atom stereocenters. The molecule has 1 saturated heterocycles. The first-order chi connectivity index (χ1) is 10.3. The lowest BCUT2D eigenvalue weighted by Crippen LogP contribution is -2.46. The highest BCUT2D eigenvalue weighted by molar-refractivity contribution is 5.68. The molecule has 0 saturated carbocycles. The number of aryl methyl sites for hydroxylation is 1. The number of benzene rings is 1. The van der Waals surface area contributed by atoms with Crippen LogP contribution in [-0.2, 0) is 4.74 Å². The number of ether oxygens (including phenoxy) is 1. The number of rotatable bonds is 2. The Balaban J connectivity index is 1.90. The van der Waals surface area contributed by atoms with E-state index in [2.05, 4.69) is 10.2 Å². The van der Waals surface area contributed by atoms with Crippen molar-refractivity contribution in [2.24, 2.45) is 0 Å². The molecule has 0 atom stereocenters. The van der Waals surface area contributed by atoms with Crippen LogP contribution in [0.3, 0.4) is 0 Å². The average molecular weight is 308 g/mol. The number of hydrogen-bond acceptors (Lipinski definition) is 3. The van der Waals surface area contributed by atoms with Crippen molar-refractivity contribution in [2.75, 3.05) is 18.0 Å². The van der Waals surface area contributed by atoms with Gasteiger partial charge in [-0.05, 0) is 52.2 Å². The SMILES string of the molecule is Cc1cccc(F)c1N1CCC(NC(=O)OC(C)(C)C)CC1. The Kier molecular flexibility index (Phi) is 4.94. The molecule has 1 aromatic rings. The number of nitrogens with one attached hydrogen (secondary N) is 1. The van der Waals surface area contributed by atoms with Crippen molar-refractivity contribution < 1.29 is 13.9 Å². The third-order valence-corrected chi connectivity index (χ3v) is 3.72. The molecule has 1 aliphatic heterocycles. The summed E-state index contributed by atoms with van der Waals surface area (Å²) in [5, 5.41) is 2.90. The fourth-order valence-electron chi connectivity index (χ4n) is 2.75. The standard InChI is InChI=1S/C17H25FN2O2/c1-12-6-5-7-14(18)15(12)20-10-8-13(9-11-20)19-16(21)22-17(2,3)4/h5-7,13H,8-11H2,1-4H3,(H,19,21). The van der Waals surface area contributed by atoms with Crippen molar-refractivity contribution in [2.45, 2.75) is 52.2 Å². The van der Waals surface area contributed by atoms with Gasteiger partial charge in [-0.15, -0.1) is 0 Å². The Hall–Kier alpha value is -1.78. The van der Waals surface area contributed by atoms with Gasteiger partial charge in [-0.3, -0.25) is 0 Å². The van der Waals surface area contributed by atoms with Crippen LogP contribution in [-0.4, -0.2) is 30.8 Å². The molecule has 4 nitrogen and oxygen atoms in total. The highest BCUT2D eigenvalue weighted by atomic mass is 19.1. The maximum absolute atomic E-state index is 14.0. The summed E-state index contributed by atoms with van der Waals surface area (Å²) < 4.78 is 19.3. The zero-order valence-electron chi connectivity index (χ0n) is 13.8. The van der Waals surface area contributed by atoms with Crippen LogP contribution in [0.25, 0.3) is 0 Å². The predicted octanol–water partition coefficient (Wildman–Crippen LogP) is 3.63. The van der Waals surface area contributed by atoms with E-state index in [9.17, 15) is 9.18 Å². The van der Waals surface area contributed by atoms with Gasteiger partial charge in [0.15, 0.2) is 0 Å². The van der Waals surface area contributed by atoms with Crippen molar-refractivity contribution >= 4 is 11.8 Å². The van der Waals surface area contributed by atoms with E-state index in [4.69, 9.17) is 4.74 Å². The molecule has 0 aliphatic carbocycles. The van der Waals surface area contributed by atoms with E-state index in [1.807, 2.05) is 33.8 Å². The summed E-state index contributed by atoms with van der Waals surface area (Å²) in [7, 11) is 0. The van der Waals surface area contributed by atoms with E-state index in [1.54, 1.807) is 6.07 Å². The first kappa shape index (κ1) is 16.6. The van der Waals surface area contributed by atoms with Gasteiger partial charge in [0, 0.05) is 19.1 Å². The van der Waals surface area contributed by atoms with Crippen LogP contribution in [0.15, 0.2) is 18.2 Å². The quantitative estimate of drug-likeness (QED) is 0.907. The molecule has 0 radical (unpaired) electrons. The molecule has 1 aromatic carbocycles. The van der Waals surface area contributed by atoms with E-state index < -0.39 is 5.60 Å². The highest BCUT2D eigenvalue weighted by Crippen LogP contribution is 2.26. The van der Waals surface area contributed by atoms with E-state index in [0.29, 0.717) is 5.69 Å². The van der Waals surface area contributed by atoms with Gasteiger partial charge < -0.3 is 15.0 Å². The number of para-hydroxylation sites is 1. The molecule has 22 heavy (non-hydrogen) atoms. The molecule has 1 fully saturated rings. The number of piperidine rings is 1. The summed E-state index contributed by atoms with van der Waals surface area (Å²) in [5.74, 6) is -0.182. The van der Waals surface area contributed by atoms with Crippen LogP contribution >= 0.6 is 0 Å². The van der Waals surface area contributed by atoms with E-state index >= 15 is 0 Å². The van der Waals surface area contributed by atoms with Crippen LogP contribution < -0.4 is 10.2 Å². The topological polar surface area (TPSA) is 41.6 Å². The lowest BCUT2D eigenvalue weighted by atomic mass is 10.0. The van der Waals surface area contributed by atoms with E-state index in [1.165, 1.54) is 6.07 Å². The van der Waals surface area contributed by atoms with Crippen molar-refractivity contribution in [1.29, 1.82) is 0 Å². The number of hydrogen-bond donors (Lipinski definition) is 1. The summed E-state index contributed by atoms with van der Waals surface area (Å²) in [4.78, 5) is 13.8. The zero-order valence-corrected chi connectivity index (χ0v) is 13.8. The summed E-state index contributed by atoms with van der Waals surface area (Å²) in [6.45, 7) is 8.90. The van der Waals surface area contributed by atoms with E-state index in [0.717, 1.165) is 31.5 Å².